The molecule has 122 valence electrons. The minimum absolute atomic E-state index is 0.154. The molecule has 0 amide bonds. The molecule has 0 aromatic carbocycles. The van der Waals surface area contributed by atoms with E-state index in [-0.39, 0.29) is 16.9 Å². The first kappa shape index (κ1) is 15.4. The summed E-state index contributed by atoms with van der Waals surface area (Å²) in [6.07, 6.45) is 0.676. The van der Waals surface area contributed by atoms with E-state index in [1.54, 1.807) is 13.8 Å². The predicted octanol–water partition coefficient (Wildman–Crippen LogP) is -0.0868. The van der Waals surface area contributed by atoms with Gasteiger partial charge in [0.15, 0.2) is 5.76 Å². The Morgan fingerprint density at radius 1 is 1.18 bits per heavy atom. The van der Waals surface area contributed by atoms with E-state index in [2.05, 4.69) is 5.16 Å². The number of carbonyl (C=O) groups is 1. The van der Waals surface area contributed by atoms with Crippen molar-refractivity contribution in [2.75, 3.05) is 32.8 Å². The van der Waals surface area contributed by atoms with Crippen molar-refractivity contribution in [2.45, 2.75) is 31.2 Å². The average Bonchev–Trinajstić information content (AvgIpc) is 3.05. The van der Waals surface area contributed by atoms with E-state index in [9.17, 15) is 13.2 Å². The summed E-state index contributed by atoms with van der Waals surface area (Å²) in [4.78, 5) is 13.8. The van der Waals surface area contributed by atoms with Crippen LogP contribution >= 0.6 is 0 Å². The Morgan fingerprint density at radius 2 is 1.86 bits per heavy atom. The number of piperazine rings is 1. The lowest BCUT2D eigenvalue weighted by Gasteiger charge is -2.35. The fourth-order valence-electron chi connectivity index (χ4n) is 3.04. The van der Waals surface area contributed by atoms with Crippen molar-refractivity contribution in [3.8, 4) is 0 Å². The Bertz CT molecular complexity index is 656. The molecule has 0 spiro atoms. The standard InChI is InChI=1S/C13H19N3O5S/c1-9-12(10(2)21-14-9)22(18,19)16-6-4-15(5-7-16)11-3-8-20-13(11)17/h11H,3-8H2,1-2H3/t11-/m1/s1. The summed E-state index contributed by atoms with van der Waals surface area (Å²) in [5.41, 5.74) is 0.374. The molecule has 22 heavy (non-hydrogen) atoms. The van der Waals surface area contributed by atoms with Gasteiger partial charge >= 0.3 is 5.97 Å². The van der Waals surface area contributed by atoms with Crippen molar-refractivity contribution in [1.29, 1.82) is 0 Å². The van der Waals surface area contributed by atoms with Gasteiger partial charge in [0.25, 0.3) is 0 Å². The fraction of sp³-hybridized carbons (Fsp3) is 0.692. The molecule has 0 N–H and O–H groups in total. The zero-order valence-electron chi connectivity index (χ0n) is 12.6. The highest BCUT2D eigenvalue weighted by atomic mass is 32.2. The summed E-state index contributed by atoms with van der Waals surface area (Å²) in [6, 6.07) is -0.232. The lowest BCUT2D eigenvalue weighted by atomic mass is 10.2. The zero-order valence-corrected chi connectivity index (χ0v) is 13.4. The van der Waals surface area contributed by atoms with Gasteiger partial charge in [-0.1, -0.05) is 5.16 Å². The van der Waals surface area contributed by atoms with Crippen LogP contribution < -0.4 is 0 Å². The Hall–Kier alpha value is -1.45. The van der Waals surface area contributed by atoms with E-state index in [0.29, 0.717) is 50.7 Å². The van der Waals surface area contributed by atoms with Gasteiger partial charge in [-0.15, -0.1) is 0 Å². The molecule has 0 saturated carbocycles. The maximum atomic E-state index is 12.7. The van der Waals surface area contributed by atoms with Gasteiger partial charge in [0.2, 0.25) is 10.0 Å². The van der Waals surface area contributed by atoms with Crippen molar-refractivity contribution in [3.63, 3.8) is 0 Å². The second-order valence-corrected chi connectivity index (χ2v) is 7.44. The van der Waals surface area contributed by atoms with Crippen LogP contribution in [-0.4, -0.2) is 67.6 Å². The van der Waals surface area contributed by atoms with Crippen molar-refractivity contribution in [2.24, 2.45) is 0 Å². The summed E-state index contributed by atoms with van der Waals surface area (Å²) >= 11 is 0. The molecule has 2 aliphatic rings. The normalized spacial score (nSPS) is 24.6. The topological polar surface area (TPSA) is 93.0 Å². The maximum Gasteiger partial charge on any atom is 0.323 e. The minimum Gasteiger partial charge on any atom is -0.464 e. The molecule has 0 radical (unpaired) electrons. The molecule has 9 heteroatoms. The monoisotopic (exact) mass is 329 g/mol. The maximum absolute atomic E-state index is 12.7. The van der Waals surface area contributed by atoms with Crippen LogP contribution in [0.15, 0.2) is 9.42 Å². The molecule has 3 heterocycles. The van der Waals surface area contributed by atoms with E-state index < -0.39 is 10.0 Å². The fourth-order valence-corrected chi connectivity index (χ4v) is 4.76. The number of esters is 1. The first-order valence-electron chi connectivity index (χ1n) is 7.25. The molecule has 2 fully saturated rings. The number of hydrogen-bond acceptors (Lipinski definition) is 7. The molecule has 0 unspecified atom stereocenters. The largest absolute Gasteiger partial charge is 0.464 e. The van der Waals surface area contributed by atoms with Gasteiger partial charge in [-0.3, -0.25) is 9.69 Å². The van der Waals surface area contributed by atoms with Crippen molar-refractivity contribution in [1.82, 2.24) is 14.4 Å². The Kier molecular flexibility index (Phi) is 3.96. The van der Waals surface area contributed by atoms with Crippen LogP contribution in [0.25, 0.3) is 0 Å². The van der Waals surface area contributed by atoms with E-state index >= 15 is 0 Å². The van der Waals surface area contributed by atoms with Gasteiger partial charge in [0.05, 0.1) is 6.61 Å². The molecule has 1 aromatic heterocycles. The number of hydrogen-bond donors (Lipinski definition) is 0. The zero-order chi connectivity index (χ0) is 15.9. The average molecular weight is 329 g/mol. The highest BCUT2D eigenvalue weighted by Crippen LogP contribution is 2.25. The van der Waals surface area contributed by atoms with E-state index in [1.165, 1.54) is 4.31 Å². The van der Waals surface area contributed by atoms with Crippen molar-refractivity contribution >= 4 is 16.0 Å². The number of carbonyl (C=O) groups excluding carboxylic acids is 1. The summed E-state index contributed by atoms with van der Waals surface area (Å²) in [7, 11) is -3.61. The number of nitrogens with zero attached hydrogens (tertiary/aromatic N) is 3. The first-order valence-corrected chi connectivity index (χ1v) is 8.69. The van der Waals surface area contributed by atoms with Crippen molar-refractivity contribution < 1.29 is 22.5 Å². The van der Waals surface area contributed by atoms with Crippen molar-refractivity contribution in [3.05, 3.63) is 11.5 Å². The molecular formula is C13H19N3O5S. The highest BCUT2D eigenvalue weighted by Gasteiger charge is 2.38. The van der Waals surface area contributed by atoms with Gasteiger partial charge < -0.3 is 9.26 Å². The number of aromatic nitrogens is 1. The van der Waals surface area contributed by atoms with Crippen LogP contribution in [0.5, 0.6) is 0 Å². The van der Waals surface area contributed by atoms with Crippen LogP contribution in [0.2, 0.25) is 0 Å². The van der Waals surface area contributed by atoms with Gasteiger partial charge in [-0.05, 0) is 13.8 Å². The minimum atomic E-state index is -3.61. The van der Waals surface area contributed by atoms with Crippen LogP contribution in [0, 0.1) is 13.8 Å². The third kappa shape index (κ3) is 2.53. The van der Waals surface area contributed by atoms with E-state index in [1.807, 2.05) is 4.90 Å². The van der Waals surface area contributed by atoms with Gasteiger partial charge in [0, 0.05) is 32.6 Å². The number of sulfonamides is 1. The quantitative estimate of drug-likeness (QED) is 0.716. The Morgan fingerprint density at radius 3 is 2.36 bits per heavy atom. The summed E-state index contributed by atoms with van der Waals surface area (Å²) in [5, 5.41) is 3.71. The number of ether oxygens (including phenoxy) is 1. The molecule has 1 atom stereocenters. The van der Waals surface area contributed by atoms with Gasteiger partial charge in [-0.2, -0.15) is 4.31 Å². The second kappa shape index (κ2) is 5.64. The highest BCUT2D eigenvalue weighted by molar-refractivity contribution is 7.89. The molecule has 0 aliphatic carbocycles. The van der Waals surface area contributed by atoms with Crippen LogP contribution in [0.3, 0.4) is 0 Å². The number of rotatable bonds is 3. The number of cyclic esters (lactones) is 1. The summed E-state index contributed by atoms with van der Waals surface area (Å²) in [5.74, 6) is 0.0985. The molecule has 3 rings (SSSR count). The number of aryl methyl sites for hydroxylation is 2. The van der Waals surface area contributed by atoms with Gasteiger partial charge in [-0.25, -0.2) is 8.42 Å². The molecule has 2 saturated heterocycles. The Balaban J connectivity index is 1.72. The van der Waals surface area contributed by atoms with Crippen LogP contribution in [0.4, 0.5) is 0 Å². The van der Waals surface area contributed by atoms with Crippen LogP contribution in [-0.2, 0) is 19.6 Å². The Labute approximate surface area is 129 Å². The first-order chi connectivity index (χ1) is 10.4. The van der Waals surface area contributed by atoms with Gasteiger partial charge in [0.1, 0.15) is 16.6 Å². The molecular weight excluding hydrogens is 310 g/mol. The molecule has 8 nitrogen and oxygen atoms in total. The van der Waals surface area contributed by atoms with Crippen LogP contribution in [0.1, 0.15) is 17.9 Å². The third-order valence-electron chi connectivity index (χ3n) is 4.19. The molecule has 0 bridgehead atoms. The van der Waals surface area contributed by atoms with E-state index in [0.717, 1.165) is 0 Å². The smallest absolute Gasteiger partial charge is 0.323 e. The predicted molar refractivity (Wildman–Crippen MR) is 75.7 cm³/mol. The lowest BCUT2D eigenvalue weighted by molar-refractivity contribution is -0.142. The molecule has 1 aromatic rings. The second-order valence-electron chi connectivity index (χ2n) is 5.57. The summed E-state index contributed by atoms with van der Waals surface area (Å²) in [6.45, 7) is 5.38. The third-order valence-corrected chi connectivity index (χ3v) is 6.33. The lowest BCUT2D eigenvalue weighted by Crippen LogP contribution is -2.53. The summed E-state index contributed by atoms with van der Waals surface area (Å²) < 4.78 is 36.8. The SMILES string of the molecule is Cc1noc(C)c1S(=O)(=O)N1CCN([C@@H]2CCOC2=O)CC1. The molecule has 2 aliphatic heterocycles. The van der Waals surface area contributed by atoms with E-state index in [4.69, 9.17) is 9.26 Å².